The molecular weight excluding hydrogens is 286 g/mol. The van der Waals surface area contributed by atoms with Crippen molar-refractivity contribution in [1.82, 2.24) is 0 Å². The van der Waals surface area contributed by atoms with Crippen molar-refractivity contribution in [2.45, 2.75) is 37.5 Å². The van der Waals surface area contributed by atoms with Crippen molar-refractivity contribution < 1.29 is 14.2 Å². The van der Waals surface area contributed by atoms with E-state index in [0.29, 0.717) is 6.54 Å². The van der Waals surface area contributed by atoms with E-state index in [1.54, 1.807) is 7.11 Å². The number of thioether (sulfide) groups is 1. The monoisotopic (exact) mass is 309 g/mol. The number of methoxy groups -OCH3 is 1. The van der Waals surface area contributed by atoms with Crippen LogP contribution in [0.3, 0.4) is 0 Å². The summed E-state index contributed by atoms with van der Waals surface area (Å²) in [5, 5.41) is 0. The molecule has 0 radical (unpaired) electrons. The topological polar surface area (TPSA) is 53.7 Å². The molecule has 1 aromatic carbocycles. The van der Waals surface area contributed by atoms with Crippen LogP contribution in [0.1, 0.15) is 24.8 Å². The van der Waals surface area contributed by atoms with Crippen LogP contribution in [0.25, 0.3) is 0 Å². The van der Waals surface area contributed by atoms with Crippen molar-refractivity contribution in [3.05, 3.63) is 23.8 Å². The average molecular weight is 309 g/mol. The molecule has 116 valence electrons. The summed E-state index contributed by atoms with van der Waals surface area (Å²) in [7, 11) is 1.66. The predicted octanol–water partition coefficient (Wildman–Crippen LogP) is 2.59. The van der Waals surface area contributed by atoms with Gasteiger partial charge >= 0.3 is 0 Å². The molecule has 0 saturated carbocycles. The Hall–Kier alpha value is -0.910. The third-order valence-corrected chi connectivity index (χ3v) is 5.52. The van der Waals surface area contributed by atoms with E-state index in [1.807, 2.05) is 30.0 Å². The summed E-state index contributed by atoms with van der Waals surface area (Å²) in [6, 6.07) is 5.84. The molecule has 1 aromatic rings. The van der Waals surface area contributed by atoms with Gasteiger partial charge in [-0.2, -0.15) is 11.8 Å². The molecule has 0 aromatic heterocycles. The van der Waals surface area contributed by atoms with Crippen molar-refractivity contribution in [2.24, 2.45) is 5.73 Å². The van der Waals surface area contributed by atoms with Crippen LogP contribution in [0, 0.1) is 0 Å². The molecule has 2 atom stereocenters. The van der Waals surface area contributed by atoms with Gasteiger partial charge < -0.3 is 19.9 Å². The number of rotatable bonds is 4. The molecule has 1 spiro atoms. The molecule has 5 heteroatoms. The Bertz CT molecular complexity index is 488. The summed E-state index contributed by atoms with van der Waals surface area (Å²) in [6.45, 7) is 1.25. The lowest BCUT2D eigenvalue weighted by molar-refractivity contribution is -0.0960. The first-order valence-electron chi connectivity index (χ1n) is 7.50. The zero-order valence-electron chi connectivity index (χ0n) is 12.5. The third kappa shape index (κ3) is 3.30. The number of hydrogen-bond donors (Lipinski definition) is 1. The molecule has 2 unspecified atom stereocenters. The van der Waals surface area contributed by atoms with E-state index in [2.05, 4.69) is 0 Å². The van der Waals surface area contributed by atoms with E-state index in [9.17, 15) is 0 Å². The van der Waals surface area contributed by atoms with Crippen LogP contribution in [-0.4, -0.2) is 36.9 Å². The van der Waals surface area contributed by atoms with Crippen LogP contribution in [0.2, 0.25) is 0 Å². The summed E-state index contributed by atoms with van der Waals surface area (Å²) in [5.74, 6) is 3.99. The third-order valence-electron chi connectivity index (χ3n) is 4.30. The highest BCUT2D eigenvalue weighted by Crippen LogP contribution is 2.39. The van der Waals surface area contributed by atoms with Crippen LogP contribution in [0.4, 0.5) is 0 Å². The van der Waals surface area contributed by atoms with Gasteiger partial charge in [0.15, 0.2) is 0 Å². The minimum atomic E-state index is 0.0446. The van der Waals surface area contributed by atoms with E-state index in [4.69, 9.17) is 19.9 Å². The molecule has 0 amide bonds. The molecule has 3 rings (SSSR count). The minimum Gasteiger partial charge on any atom is -0.497 e. The molecule has 2 aliphatic heterocycles. The first-order chi connectivity index (χ1) is 10.2. The Morgan fingerprint density at radius 2 is 2.38 bits per heavy atom. The van der Waals surface area contributed by atoms with Gasteiger partial charge in [0.2, 0.25) is 0 Å². The highest BCUT2D eigenvalue weighted by molar-refractivity contribution is 7.99. The first-order valence-corrected chi connectivity index (χ1v) is 8.65. The van der Waals surface area contributed by atoms with Gasteiger partial charge in [-0.1, -0.05) is 0 Å². The van der Waals surface area contributed by atoms with Gasteiger partial charge in [-0.3, -0.25) is 0 Å². The molecule has 21 heavy (non-hydrogen) atoms. The molecule has 2 fully saturated rings. The van der Waals surface area contributed by atoms with E-state index in [1.165, 1.54) is 5.75 Å². The van der Waals surface area contributed by atoms with Crippen LogP contribution >= 0.6 is 11.8 Å². The van der Waals surface area contributed by atoms with Crippen LogP contribution < -0.4 is 15.2 Å². The lowest BCUT2D eigenvalue weighted by Gasteiger charge is -2.37. The second kappa shape index (κ2) is 6.46. The highest BCUT2D eigenvalue weighted by Gasteiger charge is 2.41. The summed E-state index contributed by atoms with van der Waals surface area (Å²) < 4.78 is 17.5. The van der Waals surface area contributed by atoms with Crippen molar-refractivity contribution in [3.8, 4) is 11.5 Å². The van der Waals surface area contributed by atoms with Gasteiger partial charge in [0.1, 0.15) is 17.6 Å². The summed E-state index contributed by atoms with van der Waals surface area (Å²) in [4.78, 5) is 0. The van der Waals surface area contributed by atoms with E-state index in [-0.39, 0.29) is 11.7 Å². The zero-order chi connectivity index (χ0) is 14.7. The molecule has 4 nitrogen and oxygen atoms in total. The number of benzene rings is 1. The minimum absolute atomic E-state index is 0.0446. The fourth-order valence-electron chi connectivity index (χ4n) is 3.08. The fourth-order valence-corrected chi connectivity index (χ4v) is 4.46. The van der Waals surface area contributed by atoms with E-state index in [0.717, 1.165) is 48.7 Å². The van der Waals surface area contributed by atoms with E-state index >= 15 is 0 Å². The second-order valence-electron chi connectivity index (χ2n) is 5.74. The number of ether oxygens (including phenoxy) is 3. The van der Waals surface area contributed by atoms with Gasteiger partial charge in [-0.15, -0.1) is 0 Å². The van der Waals surface area contributed by atoms with Crippen LogP contribution in [0.15, 0.2) is 18.2 Å². The van der Waals surface area contributed by atoms with Gasteiger partial charge in [0.05, 0.1) is 19.3 Å². The average Bonchev–Trinajstić information content (AvgIpc) is 2.95. The SMILES string of the molecule is COc1ccc(OC2CCOC3(CCSC3)C2)c(CN)c1. The fraction of sp³-hybridized carbons (Fsp3) is 0.625. The quantitative estimate of drug-likeness (QED) is 0.926. The Labute approximate surface area is 130 Å². The molecule has 0 aliphatic carbocycles. The Kier molecular flexibility index (Phi) is 4.62. The summed E-state index contributed by atoms with van der Waals surface area (Å²) in [5.41, 5.74) is 6.87. The van der Waals surface area contributed by atoms with E-state index < -0.39 is 0 Å². The van der Waals surface area contributed by atoms with Gasteiger partial charge in [-0.05, 0) is 30.4 Å². The molecule has 2 saturated heterocycles. The standard InChI is InChI=1S/C16H23NO3S/c1-18-13-2-3-15(12(8-13)10-17)20-14-4-6-19-16(9-14)5-7-21-11-16/h2-3,8,14H,4-7,9-11,17H2,1H3. The summed E-state index contributed by atoms with van der Waals surface area (Å²) in [6.07, 6.45) is 3.29. The normalized spacial score (nSPS) is 28.8. The molecule has 0 bridgehead atoms. The maximum absolute atomic E-state index is 6.24. The summed E-state index contributed by atoms with van der Waals surface area (Å²) >= 11 is 1.98. The lowest BCUT2D eigenvalue weighted by Crippen LogP contribution is -2.43. The number of hydrogen-bond acceptors (Lipinski definition) is 5. The Morgan fingerprint density at radius 3 is 3.10 bits per heavy atom. The molecular formula is C16H23NO3S. The van der Waals surface area contributed by atoms with Gasteiger partial charge in [-0.25, -0.2) is 0 Å². The maximum atomic E-state index is 6.24. The predicted molar refractivity (Wildman–Crippen MR) is 85.2 cm³/mol. The van der Waals surface area contributed by atoms with Gasteiger partial charge in [0.25, 0.3) is 0 Å². The smallest absolute Gasteiger partial charge is 0.124 e. The van der Waals surface area contributed by atoms with Crippen molar-refractivity contribution >= 4 is 11.8 Å². The van der Waals surface area contributed by atoms with Gasteiger partial charge in [0, 0.05) is 30.7 Å². The Morgan fingerprint density at radius 1 is 1.48 bits per heavy atom. The zero-order valence-corrected chi connectivity index (χ0v) is 13.3. The molecule has 2 aliphatic rings. The van der Waals surface area contributed by atoms with Crippen LogP contribution in [0.5, 0.6) is 11.5 Å². The van der Waals surface area contributed by atoms with Crippen molar-refractivity contribution in [2.75, 3.05) is 25.2 Å². The maximum Gasteiger partial charge on any atom is 0.124 e. The first kappa shape index (κ1) is 15.0. The Balaban J connectivity index is 1.71. The lowest BCUT2D eigenvalue weighted by atomic mass is 9.91. The molecule has 2 heterocycles. The van der Waals surface area contributed by atoms with Crippen LogP contribution in [-0.2, 0) is 11.3 Å². The van der Waals surface area contributed by atoms with Crippen molar-refractivity contribution in [1.29, 1.82) is 0 Å². The number of nitrogens with two attached hydrogens (primary N) is 1. The molecule has 2 N–H and O–H groups in total. The largest absolute Gasteiger partial charge is 0.497 e. The second-order valence-corrected chi connectivity index (χ2v) is 6.85. The van der Waals surface area contributed by atoms with Crippen molar-refractivity contribution in [3.63, 3.8) is 0 Å². The highest BCUT2D eigenvalue weighted by atomic mass is 32.2.